The van der Waals surface area contributed by atoms with Crippen molar-refractivity contribution in [3.05, 3.63) is 77.9 Å². The summed E-state index contributed by atoms with van der Waals surface area (Å²) in [4.78, 5) is 12.8. The Labute approximate surface area is 194 Å². The third kappa shape index (κ3) is 5.73. The van der Waals surface area contributed by atoms with E-state index in [4.69, 9.17) is 9.47 Å². The van der Waals surface area contributed by atoms with Crippen molar-refractivity contribution >= 4 is 21.4 Å². The van der Waals surface area contributed by atoms with Crippen LogP contribution in [0.1, 0.15) is 30.9 Å². The van der Waals surface area contributed by atoms with Gasteiger partial charge in [-0.2, -0.15) is 0 Å². The van der Waals surface area contributed by atoms with Crippen LogP contribution in [0.2, 0.25) is 0 Å². The van der Waals surface area contributed by atoms with E-state index < -0.39 is 9.84 Å². The van der Waals surface area contributed by atoms with Crippen molar-refractivity contribution in [2.24, 2.45) is 0 Å². The zero-order valence-electron chi connectivity index (χ0n) is 18.5. The van der Waals surface area contributed by atoms with E-state index in [0.29, 0.717) is 23.8 Å². The molecule has 0 unspecified atom stereocenters. The van der Waals surface area contributed by atoms with Crippen LogP contribution in [0, 0.1) is 0 Å². The van der Waals surface area contributed by atoms with E-state index in [1.54, 1.807) is 48.5 Å². The summed E-state index contributed by atoms with van der Waals surface area (Å²) < 4.78 is 36.9. The summed E-state index contributed by atoms with van der Waals surface area (Å²) >= 11 is 0. The highest BCUT2D eigenvalue weighted by Crippen LogP contribution is 2.30. The van der Waals surface area contributed by atoms with Crippen molar-refractivity contribution < 1.29 is 22.7 Å². The van der Waals surface area contributed by atoms with Gasteiger partial charge in [0.25, 0.3) is 0 Å². The molecule has 1 N–H and O–H groups in total. The van der Waals surface area contributed by atoms with E-state index in [1.165, 1.54) is 5.56 Å². The molecular formula is C26H27NO5S. The van der Waals surface area contributed by atoms with Crippen LogP contribution < -0.4 is 14.8 Å². The lowest BCUT2D eigenvalue weighted by molar-refractivity contribution is -0.115. The Balaban J connectivity index is 1.38. The molecule has 7 heteroatoms. The molecular weight excluding hydrogens is 438 g/mol. The minimum Gasteiger partial charge on any atom is -0.494 e. The van der Waals surface area contributed by atoms with Gasteiger partial charge in [-0.05, 0) is 85.8 Å². The molecule has 4 rings (SSSR count). The molecule has 0 saturated carbocycles. The van der Waals surface area contributed by atoms with E-state index in [-0.39, 0.29) is 23.0 Å². The van der Waals surface area contributed by atoms with Gasteiger partial charge in [-0.15, -0.1) is 0 Å². The Hall–Kier alpha value is -3.32. The molecule has 1 amide bonds. The zero-order valence-corrected chi connectivity index (χ0v) is 19.4. The van der Waals surface area contributed by atoms with Crippen molar-refractivity contribution in [1.29, 1.82) is 0 Å². The standard InChI is InChI=1S/C26H27NO5S/c1-2-31-21-11-13-22(14-12-21)32-25-9-4-3-8-24(25)27-26(28)16-17-33(29,30)23-15-10-19-6-5-7-20(19)18-23/h3-4,8-15,18H,2,5-7,16-17H2,1H3,(H,27,28). The van der Waals surface area contributed by atoms with E-state index >= 15 is 0 Å². The average molecular weight is 466 g/mol. The fourth-order valence-corrected chi connectivity index (χ4v) is 5.14. The Bertz CT molecular complexity index is 1240. The Kier molecular flexibility index (Phi) is 6.99. The SMILES string of the molecule is CCOc1ccc(Oc2ccccc2NC(=O)CCS(=O)(=O)c2ccc3c(c2)CCC3)cc1. The van der Waals surface area contributed by atoms with Gasteiger partial charge in [0.05, 0.1) is 22.9 Å². The maximum absolute atomic E-state index is 12.8. The first-order chi connectivity index (χ1) is 15.9. The van der Waals surface area contributed by atoms with Crippen LogP contribution in [0.5, 0.6) is 17.2 Å². The van der Waals surface area contributed by atoms with Gasteiger partial charge in [-0.25, -0.2) is 8.42 Å². The molecule has 1 aliphatic carbocycles. The molecule has 0 saturated heterocycles. The highest BCUT2D eigenvalue weighted by molar-refractivity contribution is 7.91. The second-order valence-corrected chi connectivity index (χ2v) is 10.0. The quantitative estimate of drug-likeness (QED) is 0.472. The van der Waals surface area contributed by atoms with Gasteiger partial charge < -0.3 is 14.8 Å². The average Bonchev–Trinajstić information content (AvgIpc) is 3.29. The van der Waals surface area contributed by atoms with Gasteiger partial charge in [0.1, 0.15) is 11.5 Å². The second kappa shape index (κ2) is 10.1. The number of anilines is 1. The maximum atomic E-state index is 12.8. The third-order valence-corrected chi connectivity index (χ3v) is 7.26. The lowest BCUT2D eigenvalue weighted by atomic mass is 10.1. The van der Waals surface area contributed by atoms with Gasteiger partial charge in [0.15, 0.2) is 15.6 Å². The summed E-state index contributed by atoms with van der Waals surface area (Å²) in [5, 5.41) is 2.78. The molecule has 0 aliphatic heterocycles. The van der Waals surface area contributed by atoms with E-state index in [0.717, 1.165) is 30.6 Å². The molecule has 3 aromatic carbocycles. The normalized spacial score (nSPS) is 12.8. The third-order valence-electron chi connectivity index (χ3n) is 5.55. The van der Waals surface area contributed by atoms with Crippen LogP contribution >= 0.6 is 0 Å². The maximum Gasteiger partial charge on any atom is 0.225 e. The second-order valence-electron chi connectivity index (χ2n) is 7.90. The number of carbonyl (C=O) groups is 1. The molecule has 3 aromatic rings. The lowest BCUT2D eigenvalue weighted by Gasteiger charge is -2.13. The molecule has 172 valence electrons. The summed E-state index contributed by atoms with van der Waals surface area (Å²) in [6, 6.07) is 19.5. The van der Waals surface area contributed by atoms with Crippen molar-refractivity contribution in [2.45, 2.75) is 37.5 Å². The first kappa shape index (κ1) is 22.9. The molecule has 0 heterocycles. The van der Waals surface area contributed by atoms with Gasteiger partial charge in [0.2, 0.25) is 5.91 Å². The van der Waals surface area contributed by atoms with Crippen LogP contribution in [0.25, 0.3) is 0 Å². The largest absolute Gasteiger partial charge is 0.494 e. The van der Waals surface area contributed by atoms with E-state index in [9.17, 15) is 13.2 Å². The van der Waals surface area contributed by atoms with Crippen molar-refractivity contribution in [2.75, 3.05) is 17.7 Å². The summed E-state index contributed by atoms with van der Waals surface area (Å²) in [6.45, 7) is 2.50. The molecule has 0 radical (unpaired) electrons. The van der Waals surface area contributed by atoms with Crippen LogP contribution in [0.3, 0.4) is 0 Å². The number of nitrogens with one attached hydrogen (secondary N) is 1. The number of ether oxygens (including phenoxy) is 2. The van der Waals surface area contributed by atoms with Crippen molar-refractivity contribution in [1.82, 2.24) is 0 Å². The number of sulfone groups is 1. The minimum absolute atomic E-state index is 0.142. The van der Waals surface area contributed by atoms with E-state index in [2.05, 4.69) is 5.32 Å². The predicted molar refractivity (Wildman–Crippen MR) is 128 cm³/mol. The Morgan fingerprint density at radius 3 is 2.45 bits per heavy atom. The smallest absolute Gasteiger partial charge is 0.225 e. The highest BCUT2D eigenvalue weighted by atomic mass is 32.2. The first-order valence-corrected chi connectivity index (χ1v) is 12.7. The zero-order chi connectivity index (χ0) is 23.3. The van der Waals surface area contributed by atoms with Crippen LogP contribution in [0.15, 0.2) is 71.6 Å². The summed E-state index contributed by atoms with van der Waals surface area (Å²) in [5.41, 5.74) is 2.79. The molecule has 0 bridgehead atoms. The van der Waals surface area contributed by atoms with Crippen LogP contribution in [-0.2, 0) is 27.5 Å². The number of hydrogen-bond acceptors (Lipinski definition) is 5. The van der Waals surface area contributed by atoms with Crippen LogP contribution in [-0.4, -0.2) is 26.7 Å². The number of para-hydroxylation sites is 2. The number of amides is 1. The monoisotopic (exact) mass is 465 g/mol. The fraction of sp³-hybridized carbons (Fsp3) is 0.269. The molecule has 0 aromatic heterocycles. The number of hydrogen-bond donors (Lipinski definition) is 1. The highest BCUT2D eigenvalue weighted by Gasteiger charge is 2.20. The van der Waals surface area contributed by atoms with Crippen molar-refractivity contribution in [3.8, 4) is 17.2 Å². The predicted octanol–water partition coefficient (Wildman–Crippen LogP) is 5.17. The summed E-state index contributed by atoms with van der Waals surface area (Å²) in [5.74, 6) is 1.17. The molecule has 0 fully saturated rings. The van der Waals surface area contributed by atoms with Gasteiger partial charge >= 0.3 is 0 Å². The number of benzene rings is 3. The number of rotatable bonds is 9. The van der Waals surface area contributed by atoms with E-state index in [1.807, 2.05) is 25.1 Å². The topological polar surface area (TPSA) is 81.7 Å². The lowest BCUT2D eigenvalue weighted by Crippen LogP contribution is -2.18. The Morgan fingerprint density at radius 1 is 0.939 bits per heavy atom. The van der Waals surface area contributed by atoms with Gasteiger partial charge in [-0.3, -0.25) is 4.79 Å². The van der Waals surface area contributed by atoms with Crippen LogP contribution in [0.4, 0.5) is 5.69 Å². The number of carbonyl (C=O) groups excluding carboxylic acids is 1. The Morgan fingerprint density at radius 2 is 1.67 bits per heavy atom. The molecule has 6 nitrogen and oxygen atoms in total. The molecule has 0 spiro atoms. The number of fused-ring (bicyclic) bond motifs is 1. The van der Waals surface area contributed by atoms with Gasteiger partial charge in [-0.1, -0.05) is 18.2 Å². The minimum atomic E-state index is -3.54. The fourth-order valence-electron chi connectivity index (χ4n) is 3.86. The first-order valence-electron chi connectivity index (χ1n) is 11.1. The summed E-state index contributed by atoms with van der Waals surface area (Å²) in [6.07, 6.45) is 2.82. The van der Waals surface area contributed by atoms with Gasteiger partial charge in [0, 0.05) is 6.42 Å². The molecule has 33 heavy (non-hydrogen) atoms. The van der Waals surface area contributed by atoms with Crippen molar-refractivity contribution in [3.63, 3.8) is 0 Å². The molecule has 1 aliphatic rings. The number of aryl methyl sites for hydroxylation is 2. The molecule has 0 atom stereocenters. The summed E-state index contributed by atoms with van der Waals surface area (Å²) in [7, 11) is -3.54.